The van der Waals surface area contributed by atoms with Gasteiger partial charge in [0.1, 0.15) is 5.76 Å². The zero-order valence-corrected chi connectivity index (χ0v) is 20.1. The van der Waals surface area contributed by atoms with Gasteiger partial charge in [-0.15, -0.1) is 0 Å². The molecular weight excluding hydrogens is 503 g/mol. The van der Waals surface area contributed by atoms with E-state index in [1.165, 1.54) is 49.1 Å². The van der Waals surface area contributed by atoms with Crippen LogP contribution in [0.1, 0.15) is 52.9 Å². The molecule has 3 aromatic rings. The van der Waals surface area contributed by atoms with E-state index >= 15 is 0 Å². The van der Waals surface area contributed by atoms with Gasteiger partial charge in [0, 0.05) is 11.3 Å². The van der Waals surface area contributed by atoms with E-state index in [-0.39, 0.29) is 35.0 Å². The largest absolute Gasteiger partial charge is 0.475 e. The molecule has 38 heavy (non-hydrogen) atoms. The van der Waals surface area contributed by atoms with Gasteiger partial charge in [-0.2, -0.15) is 18.4 Å². The van der Waals surface area contributed by atoms with Crippen molar-refractivity contribution in [3.8, 4) is 6.07 Å². The van der Waals surface area contributed by atoms with E-state index in [9.17, 15) is 37.9 Å². The van der Waals surface area contributed by atoms with Crippen LogP contribution in [0.4, 0.5) is 23.7 Å². The molecule has 4 rings (SSSR count). The number of nitriles is 1. The molecule has 1 aromatic heterocycles. The Kier molecular flexibility index (Phi) is 6.83. The minimum Gasteiger partial charge on any atom is -0.475 e. The van der Waals surface area contributed by atoms with Crippen molar-refractivity contribution in [2.24, 2.45) is 0 Å². The van der Waals surface area contributed by atoms with Crippen LogP contribution in [0.3, 0.4) is 0 Å². The van der Waals surface area contributed by atoms with Gasteiger partial charge in [-0.25, -0.2) is 9.59 Å². The maximum atomic E-state index is 13.9. The second-order valence-electron chi connectivity index (χ2n) is 8.56. The van der Waals surface area contributed by atoms with Gasteiger partial charge in [0.2, 0.25) is 5.76 Å². The van der Waals surface area contributed by atoms with Crippen LogP contribution < -0.4 is 4.90 Å². The molecule has 8 nitrogen and oxygen atoms in total. The first-order valence-corrected chi connectivity index (χ1v) is 11.2. The van der Waals surface area contributed by atoms with Crippen molar-refractivity contribution in [1.82, 2.24) is 4.90 Å². The fourth-order valence-electron chi connectivity index (χ4n) is 4.42. The van der Waals surface area contributed by atoms with Gasteiger partial charge >= 0.3 is 18.2 Å². The van der Waals surface area contributed by atoms with E-state index in [1.807, 2.05) is 6.07 Å². The Morgan fingerprint density at radius 1 is 1.11 bits per heavy atom. The van der Waals surface area contributed by atoms with Crippen LogP contribution in [0.15, 0.2) is 76.4 Å². The zero-order chi connectivity index (χ0) is 27.8. The Morgan fingerprint density at radius 2 is 1.79 bits per heavy atom. The Bertz CT molecular complexity index is 1500. The summed E-state index contributed by atoms with van der Waals surface area (Å²) in [5.41, 5.74) is 0.00795. The second-order valence-corrected chi connectivity index (χ2v) is 8.56. The van der Waals surface area contributed by atoms with E-state index in [1.54, 1.807) is 12.1 Å². The van der Waals surface area contributed by atoms with Gasteiger partial charge in [0.05, 0.1) is 35.5 Å². The van der Waals surface area contributed by atoms with Crippen molar-refractivity contribution in [3.05, 3.63) is 100 Å². The fourth-order valence-corrected chi connectivity index (χ4v) is 4.42. The number of rotatable bonds is 6. The summed E-state index contributed by atoms with van der Waals surface area (Å²) < 4.78 is 45.7. The molecule has 0 saturated carbocycles. The summed E-state index contributed by atoms with van der Waals surface area (Å²) in [6.45, 7) is 2.46. The summed E-state index contributed by atoms with van der Waals surface area (Å²) in [7, 11) is 0. The minimum atomic E-state index is -4.66. The van der Waals surface area contributed by atoms with Crippen molar-refractivity contribution in [3.63, 3.8) is 0 Å². The maximum absolute atomic E-state index is 13.9. The highest BCUT2D eigenvalue weighted by atomic mass is 19.4. The number of furan rings is 1. The third kappa shape index (κ3) is 4.88. The van der Waals surface area contributed by atoms with Crippen LogP contribution in [0, 0.1) is 11.3 Å². The molecule has 0 fully saturated rings. The molecule has 0 spiro atoms. The molecular formula is C27H20F3N3O5. The molecule has 0 radical (unpaired) electrons. The van der Waals surface area contributed by atoms with Gasteiger partial charge in [-0.3, -0.25) is 9.69 Å². The van der Waals surface area contributed by atoms with Gasteiger partial charge < -0.3 is 14.4 Å². The number of halogens is 3. The molecule has 1 aliphatic rings. The second kappa shape index (κ2) is 9.89. The minimum absolute atomic E-state index is 0.0841. The third-order valence-corrected chi connectivity index (χ3v) is 6.11. The van der Waals surface area contributed by atoms with E-state index in [4.69, 9.17) is 4.42 Å². The molecule has 0 bridgehead atoms. The van der Waals surface area contributed by atoms with E-state index in [2.05, 4.69) is 0 Å². The number of carbonyl (C=O) groups is 3. The number of carbonyl (C=O) groups excluding carboxylic acids is 2. The number of carboxylic acid groups (broad SMARTS) is 1. The van der Waals surface area contributed by atoms with Gasteiger partial charge in [-0.1, -0.05) is 18.2 Å². The number of hydrogen-bond acceptors (Lipinski definition) is 5. The highest BCUT2D eigenvalue weighted by Crippen LogP contribution is 2.42. The van der Waals surface area contributed by atoms with Crippen molar-refractivity contribution in [2.45, 2.75) is 32.6 Å². The highest BCUT2D eigenvalue weighted by molar-refractivity contribution is 6.04. The highest BCUT2D eigenvalue weighted by Gasteiger charge is 2.42. The first-order chi connectivity index (χ1) is 17.9. The number of ketones is 1. The van der Waals surface area contributed by atoms with Crippen molar-refractivity contribution < 1.29 is 37.1 Å². The van der Waals surface area contributed by atoms with E-state index in [0.717, 1.165) is 23.1 Å². The lowest BCUT2D eigenvalue weighted by atomic mass is 9.90. The first kappa shape index (κ1) is 26.2. The van der Waals surface area contributed by atoms with E-state index in [0.29, 0.717) is 11.1 Å². The number of allylic oxidation sites excluding steroid dienone is 1. The average molecular weight is 523 g/mol. The number of benzene rings is 2. The number of alkyl halides is 3. The summed E-state index contributed by atoms with van der Waals surface area (Å²) in [4.78, 5) is 40.4. The number of Topliss-reactive ketones (excluding diaryl/α,β-unsaturated/α-hetero) is 1. The Balaban J connectivity index is 1.91. The Hall–Kier alpha value is -4.85. The quantitative estimate of drug-likeness (QED) is 0.429. The van der Waals surface area contributed by atoms with Crippen LogP contribution in [0.25, 0.3) is 0 Å². The van der Waals surface area contributed by atoms with Crippen LogP contribution in [-0.2, 0) is 17.5 Å². The molecule has 194 valence electrons. The van der Waals surface area contributed by atoms with Crippen LogP contribution >= 0.6 is 0 Å². The van der Waals surface area contributed by atoms with Crippen molar-refractivity contribution >= 4 is 23.5 Å². The SMILES string of the molecule is CC(=O)C1=C(C)N(c2cccc(C(F)(F)F)c2)C(=O)N(Cc2ccc(C(=O)O)o2)[C@@H]1c1ccc(C#N)cc1. The zero-order valence-electron chi connectivity index (χ0n) is 20.1. The molecule has 2 amide bonds. The first-order valence-electron chi connectivity index (χ1n) is 11.2. The third-order valence-electron chi connectivity index (χ3n) is 6.11. The van der Waals surface area contributed by atoms with Crippen molar-refractivity contribution in [2.75, 3.05) is 4.90 Å². The maximum Gasteiger partial charge on any atom is 0.416 e. The summed E-state index contributed by atoms with van der Waals surface area (Å²) in [5.74, 6) is -2.04. The lowest BCUT2D eigenvalue weighted by Crippen LogP contribution is -2.50. The molecule has 0 unspecified atom stereocenters. The van der Waals surface area contributed by atoms with Gasteiger partial charge in [-0.05, 0) is 61.9 Å². The molecule has 1 N–H and O–H groups in total. The summed E-state index contributed by atoms with van der Waals surface area (Å²) >= 11 is 0. The molecule has 0 aliphatic carbocycles. The standard InChI is InChI=1S/C27H20F3N3O5/c1-15-23(16(2)34)24(18-8-6-17(13-31)7-9-18)32(14-21-10-11-22(38-21)25(35)36)26(37)33(15)20-5-3-4-19(12-20)27(28,29)30/h3-12,24H,14H2,1-2H3,(H,35,36)/t24-/m1/s1. The molecule has 1 aliphatic heterocycles. The number of aromatic carboxylic acids is 1. The van der Waals surface area contributed by atoms with Gasteiger partial charge in [0.25, 0.3) is 0 Å². The van der Waals surface area contributed by atoms with Crippen molar-refractivity contribution in [1.29, 1.82) is 5.26 Å². The van der Waals surface area contributed by atoms with Crippen LogP contribution in [0.2, 0.25) is 0 Å². The Labute approximate surface area is 214 Å². The van der Waals surface area contributed by atoms with Crippen LogP contribution in [0.5, 0.6) is 0 Å². The summed E-state index contributed by atoms with van der Waals surface area (Å²) in [6, 6.07) is 13.2. The normalized spacial score (nSPS) is 16.0. The summed E-state index contributed by atoms with van der Waals surface area (Å²) in [5, 5.41) is 18.4. The smallest absolute Gasteiger partial charge is 0.416 e. The summed E-state index contributed by atoms with van der Waals surface area (Å²) in [6.07, 6.45) is -4.66. The predicted molar refractivity (Wildman–Crippen MR) is 128 cm³/mol. The lowest BCUT2D eigenvalue weighted by Gasteiger charge is -2.43. The Morgan fingerprint density at radius 3 is 2.34 bits per heavy atom. The van der Waals surface area contributed by atoms with Gasteiger partial charge in [0.15, 0.2) is 5.78 Å². The molecule has 1 atom stereocenters. The molecule has 2 aromatic carbocycles. The number of urea groups is 1. The fraction of sp³-hybridized carbons (Fsp3) is 0.185. The number of nitrogens with zero attached hydrogens (tertiary/aromatic N) is 3. The number of carboxylic acids is 1. The lowest BCUT2D eigenvalue weighted by molar-refractivity contribution is -0.137. The average Bonchev–Trinajstić information content (AvgIpc) is 3.34. The number of anilines is 1. The topological polar surface area (TPSA) is 115 Å². The number of amides is 2. The number of hydrogen-bond donors (Lipinski definition) is 1. The molecule has 11 heteroatoms. The van der Waals surface area contributed by atoms with E-state index < -0.39 is 35.6 Å². The van der Waals surface area contributed by atoms with Crippen LogP contribution in [-0.4, -0.2) is 27.8 Å². The monoisotopic (exact) mass is 523 g/mol. The molecule has 0 saturated heterocycles. The predicted octanol–water partition coefficient (Wildman–Crippen LogP) is 5.91. The molecule has 2 heterocycles.